The lowest BCUT2D eigenvalue weighted by atomic mass is 9.86. The first kappa shape index (κ1) is 33.9. The summed E-state index contributed by atoms with van der Waals surface area (Å²) in [4.78, 5) is 40.0. The van der Waals surface area contributed by atoms with Gasteiger partial charge in [0.15, 0.2) is 0 Å². The van der Waals surface area contributed by atoms with Gasteiger partial charge in [-0.05, 0) is 116 Å². The molecule has 0 radical (unpaired) electrons. The Hall–Kier alpha value is -6.80. The minimum Gasteiger partial charge on any atom is -0.268 e. The largest absolute Gasteiger partial charge is 0.268 e. The number of benzene rings is 11. The summed E-state index contributed by atoms with van der Waals surface area (Å²) in [7, 11) is 0. The number of hydrogen-bond donors (Lipinski definition) is 0. The minimum atomic E-state index is -0.254. The van der Waals surface area contributed by atoms with Gasteiger partial charge >= 0.3 is 0 Å². The highest BCUT2D eigenvalue weighted by Gasteiger charge is 2.29. The normalized spacial score (nSPS) is 13.0. The van der Waals surface area contributed by atoms with Crippen molar-refractivity contribution < 1.29 is 0 Å². The molecule has 0 aliphatic carbocycles. The number of imidazole rings is 2. The van der Waals surface area contributed by atoms with Gasteiger partial charge in [0.25, 0.3) is 11.1 Å². The first-order chi connectivity index (χ1) is 30.2. The van der Waals surface area contributed by atoms with Crippen LogP contribution in [0.15, 0.2) is 131 Å². The summed E-state index contributed by atoms with van der Waals surface area (Å²) in [5, 5.41) is 17.2. The molecule has 4 aromatic heterocycles. The summed E-state index contributed by atoms with van der Waals surface area (Å²) in [5.74, 6) is 0. The van der Waals surface area contributed by atoms with E-state index in [2.05, 4.69) is 48.5 Å². The van der Waals surface area contributed by atoms with E-state index >= 15 is 0 Å². The van der Waals surface area contributed by atoms with Crippen molar-refractivity contribution in [1.82, 2.24) is 18.8 Å². The van der Waals surface area contributed by atoms with E-state index in [1.54, 1.807) is 20.9 Å². The third-order valence-electron chi connectivity index (χ3n) is 13.4. The Morgan fingerprint density at radius 1 is 0.339 bits per heavy atom. The number of halogens is 4. The summed E-state index contributed by atoms with van der Waals surface area (Å²) >= 11 is 29.7. The number of fused-ring (bicyclic) bond motifs is 14. The SMILES string of the molecule is O=c1c2cc(Cl)c3c4c(Cl)cc5c(=O)n6c7cc8cc9ccccc9cc8cc7nc6c6cc(Cl)c(c7c(Cl)cc(c2c37)c2nc3cc7cc8ccccc8cc7cc3n12)c4c56. The van der Waals surface area contributed by atoms with E-state index in [-0.39, 0.29) is 11.1 Å². The Morgan fingerprint density at radius 3 is 1.02 bits per heavy atom. The molecular weight excluding hydrogens is 854 g/mol. The molecule has 11 aromatic carbocycles. The topological polar surface area (TPSA) is 68.7 Å². The maximum absolute atomic E-state index is 14.9. The molecule has 62 heavy (non-hydrogen) atoms. The molecule has 0 aliphatic rings. The third kappa shape index (κ3) is 3.97. The van der Waals surface area contributed by atoms with Gasteiger partial charge < -0.3 is 0 Å². The predicted molar refractivity (Wildman–Crippen MR) is 260 cm³/mol. The van der Waals surface area contributed by atoms with Gasteiger partial charge in [0.2, 0.25) is 0 Å². The Kier molecular flexibility index (Phi) is 6.10. The lowest BCUT2D eigenvalue weighted by molar-refractivity contribution is 1.19. The quantitative estimate of drug-likeness (QED) is 0.112. The fourth-order valence-corrected chi connectivity index (χ4v) is 12.0. The smallest absolute Gasteiger partial charge is 0.264 e. The first-order valence-electron chi connectivity index (χ1n) is 20.0. The average molecular weight is 875 g/mol. The summed E-state index contributed by atoms with van der Waals surface area (Å²) in [5.41, 5.74) is 3.20. The van der Waals surface area contributed by atoms with Crippen LogP contribution in [0.2, 0.25) is 20.1 Å². The van der Waals surface area contributed by atoms with Crippen molar-refractivity contribution >= 4 is 187 Å². The molecule has 0 spiro atoms. The molecule has 0 N–H and O–H groups in total. The highest BCUT2D eigenvalue weighted by Crippen LogP contribution is 2.53. The van der Waals surface area contributed by atoms with E-state index in [0.29, 0.717) is 118 Å². The molecule has 10 heteroatoms. The summed E-state index contributed by atoms with van der Waals surface area (Å²) < 4.78 is 3.34. The molecule has 0 aliphatic heterocycles. The predicted octanol–water partition coefficient (Wildman–Crippen LogP) is 14.5. The Morgan fingerprint density at radius 2 is 0.661 bits per heavy atom. The van der Waals surface area contributed by atoms with E-state index in [4.69, 9.17) is 56.4 Å². The molecule has 0 unspecified atom stereocenters. The van der Waals surface area contributed by atoms with Gasteiger partial charge in [0.05, 0.1) is 32.8 Å². The highest BCUT2D eigenvalue weighted by atomic mass is 35.5. The molecule has 15 rings (SSSR count). The zero-order valence-corrected chi connectivity index (χ0v) is 34.7. The molecule has 4 heterocycles. The first-order valence-corrected chi connectivity index (χ1v) is 21.5. The van der Waals surface area contributed by atoms with E-state index in [1.807, 2.05) is 60.7 Å². The van der Waals surface area contributed by atoms with Crippen LogP contribution < -0.4 is 11.1 Å². The minimum absolute atomic E-state index is 0.254. The molecule has 0 amide bonds. The van der Waals surface area contributed by atoms with Gasteiger partial charge in [-0.1, -0.05) is 94.9 Å². The van der Waals surface area contributed by atoms with Crippen molar-refractivity contribution in [3.05, 3.63) is 162 Å². The zero-order valence-electron chi connectivity index (χ0n) is 31.7. The lowest BCUT2D eigenvalue weighted by Crippen LogP contribution is -2.14. The molecule has 288 valence electrons. The number of aromatic nitrogens is 4. The maximum atomic E-state index is 14.9. The zero-order chi connectivity index (χ0) is 41.2. The fourth-order valence-electron chi connectivity index (χ4n) is 10.9. The second-order valence-corrected chi connectivity index (χ2v) is 18.2. The van der Waals surface area contributed by atoms with Crippen LogP contribution in [0.4, 0.5) is 0 Å². The van der Waals surface area contributed by atoms with E-state index < -0.39 is 0 Å². The van der Waals surface area contributed by atoms with Gasteiger partial charge in [0.1, 0.15) is 11.3 Å². The average Bonchev–Trinajstić information content (AvgIpc) is 3.83. The highest BCUT2D eigenvalue weighted by molar-refractivity contribution is 6.56. The van der Waals surface area contributed by atoms with Crippen molar-refractivity contribution in [3.63, 3.8) is 0 Å². The molecule has 0 saturated heterocycles. The lowest BCUT2D eigenvalue weighted by Gasteiger charge is -2.21. The number of rotatable bonds is 0. The van der Waals surface area contributed by atoms with Crippen LogP contribution in [0.5, 0.6) is 0 Å². The van der Waals surface area contributed by atoms with Crippen LogP contribution in [-0.4, -0.2) is 18.8 Å². The Balaban J connectivity index is 1.10. The standard InChI is InChI=1S/C52H20Cl4N4O2/c53-33-17-29-41-31(51(61)59-39-15-27-11-23-7-3-1-5-21(23)9-25(27)13-37(39)57-49(29)59)19-35(55)45-46-36(56)20-32-42-30(18-34(54)44(48(42)46)43(33)47(41)45)50-58-38-14-26-10-22-6-2-4-8-24(22)12-28(26)16-40(38)60(50)52(32)62/h1-20H. The molecule has 0 fully saturated rings. The van der Waals surface area contributed by atoms with Gasteiger partial charge in [-0.25, -0.2) is 9.97 Å². The van der Waals surface area contributed by atoms with Crippen LogP contribution in [0, 0.1) is 0 Å². The fraction of sp³-hybridized carbons (Fsp3) is 0. The second kappa shape index (κ2) is 11.2. The van der Waals surface area contributed by atoms with E-state index in [9.17, 15) is 9.59 Å². The maximum Gasteiger partial charge on any atom is 0.264 e. The van der Waals surface area contributed by atoms with Crippen LogP contribution in [-0.2, 0) is 0 Å². The van der Waals surface area contributed by atoms with Gasteiger partial charge in [0, 0.05) is 74.0 Å². The van der Waals surface area contributed by atoms with Gasteiger partial charge in [-0.15, -0.1) is 0 Å². The molecule has 6 nitrogen and oxygen atoms in total. The van der Waals surface area contributed by atoms with E-state index in [0.717, 1.165) is 43.1 Å². The van der Waals surface area contributed by atoms with Crippen molar-refractivity contribution in [2.24, 2.45) is 0 Å². The number of pyridine rings is 2. The summed E-state index contributed by atoms with van der Waals surface area (Å²) in [6.07, 6.45) is 0. The van der Waals surface area contributed by atoms with E-state index in [1.165, 1.54) is 0 Å². The monoisotopic (exact) mass is 872 g/mol. The van der Waals surface area contributed by atoms with Crippen LogP contribution >= 0.6 is 46.4 Å². The molecule has 0 saturated carbocycles. The second-order valence-electron chi connectivity index (χ2n) is 16.6. The Bertz CT molecular complexity index is 4470. The third-order valence-corrected chi connectivity index (χ3v) is 14.6. The summed E-state index contributed by atoms with van der Waals surface area (Å²) in [6.45, 7) is 0. The van der Waals surface area contributed by atoms with Gasteiger partial charge in [-0.2, -0.15) is 0 Å². The molecule has 15 aromatic rings. The molecule has 0 bridgehead atoms. The van der Waals surface area contributed by atoms with Crippen LogP contribution in [0.25, 0.3) is 141 Å². The van der Waals surface area contributed by atoms with Crippen LogP contribution in [0.3, 0.4) is 0 Å². The van der Waals surface area contributed by atoms with Crippen molar-refractivity contribution in [1.29, 1.82) is 0 Å². The Labute approximate surface area is 366 Å². The van der Waals surface area contributed by atoms with Gasteiger partial charge in [-0.3, -0.25) is 18.4 Å². The van der Waals surface area contributed by atoms with Crippen molar-refractivity contribution in [2.45, 2.75) is 0 Å². The molecular formula is C52H20Cl4N4O2. The number of nitrogens with zero attached hydrogens (tertiary/aromatic N) is 4. The summed E-state index contributed by atoms with van der Waals surface area (Å²) in [6, 6.07) is 40.3. The van der Waals surface area contributed by atoms with Crippen LogP contribution in [0.1, 0.15) is 0 Å². The molecule has 0 atom stereocenters. The van der Waals surface area contributed by atoms with Crippen molar-refractivity contribution in [2.75, 3.05) is 0 Å². The van der Waals surface area contributed by atoms with Crippen molar-refractivity contribution in [3.8, 4) is 0 Å². The number of hydrogen-bond acceptors (Lipinski definition) is 4.